The number of aryl methyl sites for hydroxylation is 1. The van der Waals surface area contributed by atoms with Crippen molar-refractivity contribution >= 4 is 28.5 Å². The Hall–Kier alpha value is -1.46. The number of halogens is 1. The molecule has 0 radical (unpaired) electrons. The van der Waals surface area contributed by atoms with Crippen LogP contribution in [0.25, 0.3) is 11.0 Å². The second kappa shape index (κ2) is 8.41. The molecular weight excluding hydrogens is 310 g/mol. The van der Waals surface area contributed by atoms with Gasteiger partial charge in [0.1, 0.15) is 5.52 Å². The van der Waals surface area contributed by atoms with Crippen molar-refractivity contribution in [3.05, 3.63) is 23.1 Å². The molecule has 1 unspecified atom stereocenters. The van der Waals surface area contributed by atoms with Crippen LogP contribution in [-0.2, 0) is 0 Å². The highest BCUT2D eigenvalue weighted by Crippen LogP contribution is 2.21. The molecular formula is C17H26ClN5. The molecule has 2 aromatic heterocycles. The highest BCUT2D eigenvalue weighted by molar-refractivity contribution is 6.28. The van der Waals surface area contributed by atoms with Crippen molar-refractivity contribution in [1.82, 2.24) is 19.9 Å². The second-order valence-corrected chi connectivity index (χ2v) is 6.21. The molecule has 0 saturated carbocycles. The lowest BCUT2D eigenvalue weighted by atomic mass is 10.1. The zero-order valence-electron chi connectivity index (χ0n) is 14.4. The molecule has 23 heavy (non-hydrogen) atoms. The van der Waals surface area contributed by atoms with Crippen molar-refractivity contribution in [3.8, 4) is 0 Å². The summed E-state index contributed by atoms with van der Waals surface area (Å²) in [7, 11) is 0. The van der Waals surface area contributed by atoms with Crippen molar-refractivity contribution in [2.24, 2.45) is 0 Å². The Labute approximate surface area is 143 Å². The zero-order valence-corrected chi connectivity index (χ0v) is 15.2. The van der Waals surface area contributed by atoms with Gasteiger partial charge in [-0.05, 0) is 70.1 Å². The number of nitrogens with one attached hydrogen (secondary N) is 1. The van der Waals surface area contributed by atoms with Gasteiger partial charge in [-0.2, -0.15) is 4.98 Å². The summed E-state index contributed by atoms with van der Waals surface area (Å²) in [6.07, 6.45) is 2.23. The van der Waals surface area contributed by atoms with E-state index in [1.54, 1.807) is 0 Å². The first-order chi connectivity index (χ1) is 11.0. The molecule has 0 aliphatic carbocycles. The first-order valence-corrected chi connectivity index (χ1v) is 8.71. The molecule has 6 heteroatoms. The lowest BCUT2D eigenvalue weighted by Gasteiger charge is -2.20. The van der Waals surface area contributed by atoms with Crippen LogP contribution < -0.4 is 5.32 Å². The molecule has 126 valence electrons. The van der Waals surface area contributed by atoms with E-state index in [0.717, 1.165) is 55.0 Å². The number of hydrogen-bond acceptors (Lipinski definition) is 5. The van der Waals surface area contributed by atoms with Crippen molar-refractivity contribution in [2.45, 2.75) is 46.6 Å². The molecule has 0 bridgehead atoms. The molecule has 0 saturated heterocycles. The third-order valence-corrected chi connectivity index (χ3v) is 4.21. The van der Waals surface area contributed by atoms with Crippen LogP contribution in [0.4, 0.5) is 5.82 Å². The van der Waals surface area contributed by atoms with E-state index >= 15 is 0 Å². The van der Waals surface area contributed by atoms with Crippen LogP contribution in [0.3, 0.4) is 0 Å². The van der Waals surface area contributed by atoms with Crippen LogP contribution >= 0.6 is 11.6 Å². The minimum Gasteiger partial charge on any atom is -0.366 e. The molecule has 5 nitrogen and oxygen atoms in total. The summed E-state index contributed by atoms with van der Waals surface area (Å²) in [6.45, 7) is 11.9. The highest BCUT2D eigenvalue weighted by Gasteiger charge is 2.11. The monoisotopic (exact) mass is 335 g/mol. The number of aromatic nitrogens is 3. The van der Waals surface area contributed by atoms with E-state index < -0.39 is 0 Å². The van der Waals surface area contributed by atoms with Crippen LogP contribution in [0.15, 0.2) is 12.1 Å². The maximum Gasteiger partial charge on any atom is 0.225 e. The molecule has 0 aliphatic rings. The maximum absolute atomic E-state index is 6.03. The van der Waals surface area contributed by atoms with E-state index in [4.69, 9.17) is 11.6 Å². The Kier molecular flexibility index (Phi) is 6.54. The predicted molar refractivity (Wildman–Crippen MR) is 97.2 cm³/mol. The summed E-state index contributed by atoms with van der Waals surface area (Å²) in [6, 6.07) is 4.17. The van der Waals surface area contributed by atoms with Gasteiger partial charge in [0.2, 0.25) is 5.28 Å². The molecule has 0 spiro atoms. The molecule has 2 rings (SSSR count). The van der Waals surface area contributed by atoms with E-state index in [1.807, 2.05) is 19.1 Å². The minimum absolute atomic E-state index is 0.251. The Morgan fingerprint density at radius 1 is 1.17 bits per heavy atom. The number of pyridine rings is 1. The number of hydrogen-bond donors (Lipinski definition) is 1. The summed E-state index contributed by atoms with van der Waals surface area (Å²) >= 11 is 6.03. The Morgan fingerprint density at radius 2 is 1.91 bits per heavy atom. The van der Waals surface area contributed by atoms with Crippen LogP contribution in [0, 0.1) is 6.92 Å². The van der Waals surface area contributed by atoms with E-state index in [0.29, 0.717) is 6.04 Å². The van der Waals surface area contributed by atoms with E-state index in [-0.39, 0.29) is 5.28 Å². The summed E-state index contributed by atoms with van der Waals surface area (Å²) in [5.41, 5.74) is 2.50. The fourth-order valence-electron chi connectivity index (χ4n) is 2.65. The number of rotatable bonds is 8. The van der Waals surface area contributed by atoms with Gasteiger partial charge in [0, 0.05) is 11.7 Å². The molecule has 1 N–H and O–H groups in total. The summed E-state index contributed by atoms with van der Waals surface area (Å²) in [5, 5.41) is 3.70. The van der Waals surface area contributed by atoms with Crippen molar-refractivity contribution in [1.29, 1.82) is 0 Å². The standard InChI is InChI=1S/C17H26ClN5/c1-5-23(6-2)11-7-8-12(3)20-16-15-14(21-17(18)22-16)10-9-13(4)19-15/h9-10,12H,5-8,11H2,1-4H3,(H,20,21,22). The molecule has 2 aromatic rings. The van der Waals surface area contributed by atoms with E-state index in [2.05, 4.69) is 45.9 Å². The third-order valence-electron chi connectivity index (χ3n) is 4.04. The Morgan fingerprint density at radius 3 is 2.61 bits per heavy atom. The van der Waals surface area contributed by atoms with Crippen molar-refractivity contribution in [2.75, 3.05) is 25.0 Å². The Balaban J connectivity index is 2.04. The third kappa shape index (κ3) is 5.01. The van der Waals surface area contributed by atoms with Gasteiger partial charge in [-0.15, -0.1) is 0 Å². The number of anilines is 1. The van der Waals surface area contributed by atoms with Crippen molar-refractivity contribution < 1.29 is 0 Å². The maximum atomic E-state index is 6.03. The van der Waals surface area contributed by atoms with Crippen LogP contribution in [0.5, 0.6) is 0 Å². The van der Waals surface area contributed by atoms with Crippen LogP contribution in [0.2, 0.25) is 5.28 Å². The van der Waals surface area contributed by atoms with E-state index in [9.17, 15) is 0 Å². The number of nitrogens with zero attached hydrogens (tertiary/aromatic N) is 4. The molecule has 0 amide bonds. The highest BCUT2D eigenvalue weighted by atomic mass is 35.5. The average molecular weight is 336 g/mol. The van der Waals surface area contributed by atoms with Crippen molar-refractivity contribution in [3.63, 3.8) is 0 Å². The van der Waals surface area contributed by atoms with Gasteiger partial charge in [0.15, 0.2) is 5.82 Å². The molecule has 0 aliphatic heterocycles. The smallest absolute Gasteiger partial charge is 0.225 e. The molecule has 1 atom stereocenters. The summed E-state index contributed by atoms with van der Waals surface area (Å²) < 4.78 is 0. The van der Waals surface area contributed by atoms with Gasteiger partial charge >= 0.3 is 0 Å². The van der Waals surface area contributed by atoms with E-state index in [1.165, 1.54) is 0 Å². The van der Waals surface area contributed by atoms with Gasteiger partial charge < -0.3 is 10.2 Å². The van der Waals surface area contributed by atoms with Gasteiger partial charge in [0.05, 0.1) is 5.52 Å². The fraction of sp³-hybridized carbons (Fsp3) is 0.588. The van der Waals surface area contributed by atoms with Gasteiger partial charge in [0.25, 0.3) is 0 Å². The first kappa shape index (κ1) is 17.9. The van der Waals surface area contributed by atoms with Crippen LogP contribution in [0.1, 0.15) is 39.3 Å². The quantitative estimate of drug-likeness (QED) is 0.741. The topological polar surface area (TPSA) is 53.9 Å². The van der Waals surface area contributed by atoms with Crippen LogP contribution in [-0.4, -0.2) is 45.5 Å². The average Bonchev–Trinajstić information content (AvgIpc) is 2.52. The second-order valence-electron chi connectivity index (χ2n) is 5.88. The Bertz CT molecular complexity index is 642. The largest absolute Gasteiger partial charge is 0.366 e. The fourth-order valence-corrected chi connectivity index (χ4v) is 2.83. The predicted octanol–water partition coefficient (Wildman–Crippen LogP) is 3.91. The normalized spacial score (nSPS) is 12.8. The summed E-state index contributed by atoms with van der Waals surface area (Å²) in [5.74, 6) is 0.721. The zero-order chi connectivity index (χ0) is 16.8. The SMILES string of the molecule is CCN(CC)CCCC(C)Nc1nc(Cl)nc2ccc(C)nc12. The number of fused-ring (bicyclic) bond motifs is 1. The minimum atomic E-state index is 0.251. The molecule has 0 aromatic carbocycles. The lowest BCUT2D eigenvalue weighted by Crippen LogP contribution is -2.25. The van der Waals surface area contributed by atoms with Gasteiger partial charge in [-0.3, -0.25) is 0 Å². The lowest BCUT2D eigenvalue weighted by molar-refractivity contribution is 0.295. The first-order valence-electron chi connectivity index (χ1n) is 8.33. The molecule has 0 fully saturated rings. The summed E-state index contributed by atoms with van der Waals surface area (Å²) in [4.78, 5) is 15.6. The van der Waals surface area contributed by atoms with Gasteiger partial charge in [-0.1, -0.05) is 13.8 Å². The molecule has 2 heterocycles. The van der Waals surface area contributed by atoms with Gasteiger partial charge in [-0.25, -0.2) is 9.97 Å².